The molecular formula is C22H25BrN4OS. The molecule has 2 aromatic carbocycles. The van der Waals surface area contributed by atoms with E-state index in [-0.39, 0.29) is 11.9 Å². The van der Waals surface area contributed by atoms with Gasteiger partial charge >= 0.3 is 0 Å². The lowest BCUT2D eigenvalue weighted by Crippen LogP contribution is -2.33. The second kappa shape index (κ2) is 10.6. The first kappa shape index (κ1) is 21.6. The lowest BCUT2D eigenvalue weighted by Gasteiger charge is -2.12. The molecule has 29 heavy (non-hydrogen) atoms. The lowest BCUT2D eigenvalue weighted by atomic mass is 10.1. The molecule has 3 aromatic rings. The fourth-order valence-electron chi connectivity index (χ4n) is 2.84. The first-order valence-corrected chi connectivity index (χ1v) is 11.5. The number of amides is 1. The highest BCUT2D eigenvalue weighted by atomic mass is 79.9. The number of nitrogens with zero attached hydrogens (tertiary/aromatic N) is 3. The van der Waals surface area contributed by atoms with E-state index in [0.29, 0.717) is 5.75 Å². The number of hydrogen-bond donors (Lipinski definition) is 1. The van der Waals surface area contributed by atoms with Gasteiger partial charge in [0, 0.05) is 22.6 Å². The Morgan fingerprint density at radius 1 is 1.14 bits per heavy atom. The molecule has 0 fully saturated rings. The fraction of sp³-hybridized carbons (Fsp3) is 0.318. The SMILES string of the molecule is CCC(C)NC(=O)CSc1nnc(-c2ccc(Br)cc2)n1CCc1ccccc1. The van der Waals surface area contributed by atoms with Crippen LogP contribution in [0.25, 0.3) is 11.4 Å². The van der Waals surface area contributed by atoms with Crippen molar-refractivity contribution in [1.82, 2.24) is 20.1 Å². The third kappa shape index (κ3) is 6.18. The molecule has 0 saturated heterocycles. The van der Waals surface area contributed by atoms with Crippen molar-refractivity contribution in [2.75, 3.05) is 5.75 Å². The standard InChI is InChI=1S/C22H25BrN4OS/c1-3-16(2)24-20(28)15-29-22-26-25-21(18-9-11-19(23)12-10-18)27(22)14-13-17-7-5-4-6-8-17/h4-12,16H,3,13-15H2,1-2H3,(H,24,28). The molecule has 0 aliphatic carbocycles. The van der Waals surface area contributed by atoms with E-state index in [1.807, 2.05) is 49.4 Å². The maximum Gasteiger partial charge on any atom is 0.230 e. The Morgan fingerprint density at radius 3 is 2.55 bits per heavy atom. The summed E-state index contributed by atoms with van der Waals surface area (Å²) >= 11 is 4.91. The molecule has 0 spiro atoms. The maximum atomic E-state index is 12.2. The van der Waals surface area contributed by atoms with Crippen LogP contribution >= 0.6 is 27.7 Å². The lowest BCUT2D eigenvalue weighted by molar-refractivity contribution is -0.119. The first-order chi connectivity index (χ1) is 14.1. The summed E-state index contributed by atoms with van der Waals surface area (Å²) in [5.41, 5.74) is 2.26. The molecule has 0 aliphatic rings. The molecule has 1 heterocycles. The molecule has 0 saturated carbocycles. The Labute approximate surface area is 184 Å². The van der Waals surface area contributed by atoms with Crippen LogP contribution in [0.2, 0.25) is 0 Å². The van der Waals surface area contributed by atoms with E-state index < -0.39 is 0 Å². The van der Waals surface area contributed by atoms with Crippen LogP contribution in [-0.2, 0) is 17.8 Å². The van der Waals surface area contributed by atoms with Crippen LogP contribution < -0.4 is 5.32 Å². The van der Waals surface area contributed by atoms with Crippen molar-refractivity contribution in [3.05, 3.63) is 64.6 Å². The number of hydrogen-bond acceptors (Lipinski definition) is 4. The molecule has 1 atom stereocenters. The topological polar surface area (TPSA) is 59.8 Å². The molecule has 3 rings (SSSR count). The van der Waals surface area contributed by atoms with Crippen LogP contribution in [0.15, 0.2) is 64.2 Å². The van der Waals surface area contributed by atoms with E-state index in [9.17, 15) is 4.79 Å². The van der Waals surface area contributed by atoms with Crippen molar-refractivity contribution in [3.8, 4) is 11.4 Å². The van der Waals surface area contributed by atoms with Crippen molar-refractivity contribution >= 4 is 33.6 Å². The van der Waals surface area contributed by atoms with E-state index in [2.05, 4.69) is 55.1 Å². The highest BCUT2D eigenvalue weighted by Crippen LogP contribution is 2.25. The molecule has 1 amide bonds. The third-order valence-electron chi connectivity index (χ3n) is 4.64. The number of thioether (sulfide) groups is 1. The summed E-state index contributed by atoms with van der Waals surface area (Å²) in [4.78, 5) is 12.2. The molecule has 152 valence electrons. The predicted octanol–water partition coefficient (Wildman–Crippen LogP) is 4.96. The Balaban J connectivity index is 1.79. The number of benzene rings is 2. The Morgan fingerprint density at radius 2 is 1.86 bits per heavy atom. The van der Waals surface area contributed by atoms with Gasteiger partial charge in [0.25, 0.3) is 0 Å². The van der Waals surface area contributed by atoms with Gasteiger partial charge in [0.2, 0.25) is 5.91 Å². The van der Waals surface area contributed by atoms with Crippen LogP contribution in [0.5, 0.6) is 0 Å². The van der Waals surface area contributed by atoms with Gasteiger partial charge in [-0.25, -0.2) is 0 Å². The van der Waals surface area contributed by atoms with Gasteiger partial charge in [-0.2, -0.15) is 0 Å². The van der Waals surface area contributed by atoms with Crippen molar-refractivity contribution in [2.45, 2.75) is 44.4 Å². The number of aryl methyl sites for hydroxylation is 1. The van der Waals surface area contributed by atoms with E-state index in [0.717, 1.165) is 40.4 Å². The van der Waals surface area contributed by atoms with Gasteiger partial charge in [-0.05, 0) is 37.5 Å². The summed E-state index contributed by atoms with van der Waals surface area (Å²) in [6.07, 6.45) is 1.78. The van der Waals surface area contributed by atoms with Crippen LogP contribution in [0.1, 0.15) is 25.8 Å². The average molecular weight is 473 g/mol. The highest BCUT2D eigenvalue weighted by molar-refractivity contribution is 9.10. The van der Waals surface area contributed by atoms with E-state index in [1.54, 1.807) is 0 Å². The fourth-order valence-corrected chi connectivity index (χ4v) is 3.88. The van der Waals surface area contributed by atoms with E-state index >= 15 is 0 Å². The number of rotatable bonds is 9. The maximum absolute atomic E-state index is 12.2. The Bertz CT molecular complexity index is 928. The molecule has 0 radical (unpaired) electrons. The van der Waals surface area contributed by atoms with Gasteiger partial charge in [-0.15, -0.1) is 10.2 Å². The normalized spacial score (nSPS) is 12.0. The Kier molecular flexibility index (Phi) is 7.89. The number of aromatic nitrogens is 3. The van der Waals surface area contributed by atoms with Crippen LogP contribution in [0.4, 0.5) is 0 Å². The molecule has 0 bridgehead atoms. The molecule has 7 heteroatoms. The minimum atomic E-state index is 0.0205. The van der Waals surface area contributed by atoms with E-state index in [1.165, 1.54) is 17.3 Å². The third-order valence-corrected chi connectivity index (χ3v) is 6.13. The molecule has 1 aromatic heterocycles. The van der Waals surface area contributed by atoms with Gasteiger partial charge in [0.15, 0.2) is 11.0 Å². The summed E-state index contributed by atoms with van der Waals surface area (Å²) < 4.78 is 3.13. The van der Waals surface area contributed by atoms with Gasteiger partial charge < -0.3 is 9.88 Å². The van der Waals surface area contributed by atoms with Crippen LogP contribution in [0.3, 0.4) is 0 Å². The van der Waals surface area contributed by atoms with Gasteiger partial charge in [-0.1, -0.05) is 77.1 Å². The van der Waals surface area contributed by atoms with Crippen molar-refractivity contribution < 1.29 is 4.79 Å². The zero-order chi connectivity index (χ0) is 20.6. The molecule has 1 unspecified atom stereocenters. The van der Waals surface area contributed by atoms with Crippen LogP contribution in [0, 0.1) is 0 Å². The average Bonchev–Trinajstić information content (AvgIpc) is 3.14. The van der Waals surface area contributed by atoms with Crippen molar-refractivity contribution in [3.63, 3.8) is 0 Å². The molecular weight excluding hydrogens is 448 g/mol. The van der Waals surface area contributed by atoms with Gasteiger partial charge in [0.1, 0.15) is 0 Å². The second-order valence-electron chi connectivity index (χ2n) is 6.87. The second-order valence-corrected chi connectivity index (χ2v) is 8.72. The smallest absolute Gasteiger partial charge is 0.230 e. The van der Waals surface area contributed by atoms with Gasteiger partial charge in [0.05, 0.1) is 5.75 Å². The molecule has 1 N–H and O–H groups in total. The number of halogens is 1. The van der Waals surface area contributed by atoms with E-state index in [4.69, 9.17) is 0 Å². The number of carbonyl (C=O) groups excluding carboxylic acids is 1. The number of carbonyl (C=O) groups is 1. The van der Waals surface area contributed by atoms with Crippen LogP contribution in [-0.4, -0.2) is 32.5 Å². The van der Waals surface area contributed by atoms with Crippen molar-refractivity contribution in [1.29, 1.82) is 0 Å². The largest absolute Gasteiger partial charge is 0.353 e. The minimum absolute atomic E-state index is 0.0205. The quantitative estimate of drug-likeness (QED) is 0.447. The summed E-state index contributed by atoms with van der Waals surface area (Å²) in [5.74, 6) is 1.17. The zero-order valence-electron chi connectivity index (χ0n) is 16.6. The summed E-state index contributed by atoms with van der Waals surface area (Å²) in [7, 11) is 0. The summed E-state index contributed by atoms with van der Waals surface area (Å²) in [6, 6.07) is 18.6. The Hall–Kier alpha value is -2.12. The predicted molar refractivity (Wildman–Crippen MR) is 122 cm³/mol. The summed E-state index contributed by atoms with van der Waals surface area (Å²) in [5, 5.41) is 12.6. The zero-order valence-corrected chi connectivity index (χ0v) is 19.0. The first-order valence-electron chi connectivity index (χ1n) is 9.72. The van der Waals surface area contributed by atoms with Crippen molar-refractivity contribution in [2.24, 2.45) is 0 Å². The van der Waals surface area contributed by atoms with Gasteiger partial charge in [-0.3, -0.25) is 4.79 Å². The minimum Gasteiger partial charge on any atom is -0.353 e. The monoisotopic (exact) mass is 472 g/mol. The molecule has 5 nitrogen and oxygen atoms in total. The number of nitrogens with one attached hydrogen (secondary N) is 1. The summed E-state index contributed by atoms with van der Waals surface area (Å²) in [6.45, 7) is 4.82. The molecule has 0 aliphatic heterocycles. The highest BCUT2D eigenvalue weighted by Gasteiger charge is 2.16.